The van der Waals surface area contributed by atoms with Crippen molar-refractivity contribution in [2.45, 2.75) is 6.92 Å². The number of nitrogens with zero attached hydrogens (tertiary/aromatic N) is 2. The lowest BCUT2D eigenvalue weighted by Crippen LogP contribution is -2.14. The molecule has 0 spiro atoms. The summed E-state index contributed by atoms with van der Waals surface area (Å²) in [7, 11) is 1.72. The summed E-state index contributed by atoms with van der Waals surface area (Å²) in [6.45, 7) is 1.82. The number of carbonyl (C=O) groups excluding carboxylic acids is 1. The predicted octanol–water partition coefficient (Wildman–Crippen LogP) is 3.54. The highest BCUT2D eigenvalue weighted by Crippen LogP contribution is 2.23. The molecule has 100 valence electrons. The number of amides is 1. The van der Waals surface area contributed by atoms with E-state index in [0.29, 0.717) is 4.47 Å². The highest BCUT2D eigenvalue weighted by atomic mass is 79.9. The molecule has 2 rings (SSSR count). The minimum absolute atomic E-state index is 0.0598. The van der Waals surface area contributed by atoms with Crippen LogP contribution in [0.4, 0.5) is 10.1 Å². The lowest BCUT2D eigenvalue weighted by atomic mass is 10.3. The monoisotopic (exact) mass is 345 g/mol. The van der Waals surface area contributed by atoms with Crippen LogP contribution < -0.4 is 5.32 Å². The fourth-order valence-corrected chi connectivity index (χ4v) is 2.17. The Morgan fingerprint density at radius 3 is 2.74 bits per heavy atom. The first-order valence-electron chi connectivity index (χ1n) is 5.35. The molecule has 0 radical (unpaired) electrons. The van der Waals surface area contributed by atoms with Gasteiger partial charge in [-0.1, -0.05) is 11.6 Å². The smallest absolute Gasteiger partial charge is 0.277 e. The van der Waals surface area contributed by atoms with Crippen molar-refractivity contribution in [3.05, 3.63) is 44.9 Å². The molecule has 0 aliphatic carbocycles. The molecule has 0 fully saturated rings. The highest BCUT2D eigenvalue weighted by Gasteiger charge is 2.18. The molecule has 0 unspecified atom stereocenters. The lowest BCUT2D eigenvalue weighted by Gasteiger charge is -2.05. The Kier molecular flexibility index (Phi) is 3.91. The number of rotatable bonds is 2. The van der Waals surface area contributed by atoms with Crippen molar-refractivity contribution in [1.82, 2.24) is 9.78 Å². The lowest BCUT2D eigenvalue weighted by molar-refractivity contribution is 0.102. The van der Waals surface area contributed by atoms with Crippen molar-refractivity contribution in [1.29, 1.82) is 0 Å². The molecule has 0 bridgehead atoms. The van der Waals surface area contributed by atoms with Crippen LogP contribution in [0, 0.1) is 12.7 Å². The summed E-state index contributed by atoms with van der Waals surface area (Å²) in [5, 5.41) is 6.79. The number of nitrogens with one attached hydrogen (secondary N) is 1. The molecule has 0 aliphatic rings. The van der Waals surface area contributed by atoms with Crippen LogP contribution in [-0.4, -0.2) is 15.7 Å². The van der Waals surface area contributed by atoms with Gasteiger partial charge < -0.3 is 5.32 Å². The van der Waals surface area contributed by atoms with Gasteiger partial charge in [0.2, 0.25) is 0 Å². The maximum atomic E-state index is 13.6. The van der Waals surface area contributed by atoms with Gasteiger partial charge in [-0.05, 0) is 41.1 Å². The molecule has 7 heteroatoms. The molecule has 1 heterocycles. The number of aromatic nitrogens is 2. The van der Waals surface area contributed by atoms with Crippen LogP contribution in [0.2, 0.25) is 5.02 Å². The van der Waals surface area contributed by atoms with E-state index in [0.717, 1.165) is 11.8 Å². The third-order valence-corrected chi connectivity index (χ3v) is 3.84. The number of hydrogen-bond acceptors (Lipinski definition) is 2. The first-order chi connectivity index (χ1) is 8.90. The number of anilines is 1. The number of halogens is 3. The van der Waals surface area contributed by atoms with Gasteiger partial charge in [-0.2, -0.15) is 5.10 Å². The van der Waals surface area contributed by atoms with Gasteiger partial charge in [0.15, 0.2) is 5.69 Å². The fourth-order valence-electron chi connectivity index (χ4n) is 1.50. The second kappa shape index (κ2) is 5.30. The van der Waals surface area contributed by atoms with Crippen LogP contribution in [0.3, 0.4) is 0 Å². The Balaban J connectivity index is 2.28. The van der Waals surface area contributed by atoms with E-state index in [-0.39, 0.29) is 16.4 Å². The molecule has 0 saturated heterocycles. The predicted molar refractivity (Wildman–Crippen MR) is 75.0 cm³/mol. The van der Waals surface area contributed by atoms with E-state index in [1.165, 1.54) is 12.1 Å². The first kappa shape index (κ1) is 14.0. The molecular weight excluding hydrogens is 337 g/mol. The van der Waals surface area contributed by atoms with Crippen LogP contribution in [0.25, 0.3) is 0 Å². The molecule has 2 aromatic rings. The summed E-state index contributed by atoms with van der Waals surface area (Å²) in [6.07, 6.45) is 0. The van der Waals surface area contributed by atoms with Crippen LogP contribution >= 0.6 is 27.5 Å². The quantitative estimate of drug-likeness (QED) is 0.904. The maximum Gasteiger partial charge on any atom is 0.277 e. The topological polar surface area (TPSA) is 46.9 Å². The van der Waals surface area contributed by atoms with Gasteiger partial charge in [-0.15, -0.1) is 0 Å². The average Bonchev–Trinajstić information content (AvgIpc) is 2.60. The second-order valence-corrected chi connectivity index (χ2v) is 5.18. The molecule has 0 aliphatic heterocycles. The van der Waals surface area contributed by atoms with Gasteiger partial charge in [0.1, 0.15) is 5.82 Å². The van der Waals surface area contributed by atoms with Crippen LogP contribution in [0.15, 0.2) is 22.7 Å². The van der Waals surface area contributed by atoms with Crippen molar-refractivity contribution < 1.29 is 9.18 Å². The van der Waals surface area contributed by atoms with Crippen molar-refractivity contribution in [2.24, 2.45) is 7.05 Å². The third-order valence-electron chi connectivity index (χ3n) is 2.66. The zero-order valence-electron chi connectivity index (χ0n) is 10.2. The molecular formula is C12H10BrClFN3O. The van der Waals surface area contributed by atoms with E-state index in [4.69, 9.17) is 11.6 Å². The first-order valence-corrected chi connectivity index (χ1v) is 6.52. The zero-order chi connectivity index (χ0) is 14.2. The minimum Gasteiger partial charge on any atom is -0.318 e. The molecule has 4 nitrogen and oxygen atoms in total. The van der Waals surface area contributed by atoms with Crippen molar-refractivity contribution in [3.8, 4) is 0 Å². The minimum atomic E-state index is -0.593. The van der Waals surface area contributed by atoms with E-state index >= 15 is 0 Å². The van der Waals surface area contributed by atoms with Gasteiger partial charge >= 0.3 is 0 Å². The Morgan fingerprint density at radius 1 is 1.53 bits per heavy atom. The van der Waals surface area contributed by atoms with Gasteiger partial charge in [0, 0.05) is 12.1 Å². The number of hydrogen-bond donors (Lipinski definition) is 1. The zero-order valence-corrected chi connectivity index (χ0v) is 12.5. The van der Waals surface area contributed by atoms with Gasteiger partial charge in [-0.3, -0.25) is 9.48 Å². The second-order valence-electron chi connectivity index (χ2n) is 3.95. The number of aryl methyl sites for hydroxylation is 1. The van der Waals surface area contributed by atoms with Crippen LogP contribution in [0.5, 0.6) is 0 Å². The largest absolute Gasteiger partial charge is 0.318 e. The summed E-state index contributed by atoms with van der Waals surface area (Å²) >= 11 is 8.93. The molecule has 1 amide bonds. The van der Waals surface area contributed by atoms with E-state index in [9.17, 15) is 9.18 Å². The van der Waals surface area contributed by atoms with Gasteiger partial charge in [-0.25, -0.2) is 4.39 Å². The van der Waals surface area contributed by atoms with E-state index in [1.54, 1.807) is 11.7 Å². The molecule has 1 aromatic heterocycles. The van der Waals surface area contributed by atoms with E-state index in [1.807, 2.05) is 6.92 Å². The normalized spacial score (nSPS) is 10.6. The molecule has 0 saturated carbocycles. The third kappa shape index (κ3) is 2.79. The highest BCUT2D eigenvalue weighted by molar-refractivity contribution is 9.10. The van der Waals surface area contributed by atoms with Gasteiger partial charge in [0.25, 0.3) is 5.91 Å². The molecule has 1 aromatic carbocycles. The summed E-state index contributed by atoms with van der Waals surface area (Å²) < 4.78 is 15.7. The molecule has 1 N–H and O–H groups in total. The fraction of sp³-hybridized carbons (Fsp3) is 0.167. The van der Waals surface area contributed by atoms with Crippen molar-refractivity contribution in [3.63, 3.8) is 0 Å². The summed E-state index contributed by atoms with van der Waals surface area (Å²) in [5.41, 5.74) is 1.07. The van der Waals surface area contributed by atoms with E-state index < -0.39 is 11.7 Å². The van der Waals surface area contributed by atoms with Crippen LogP contribution in [-0.2, 0) is 7.05 Å². The summed E-state index contributed by atoms with van der Waals surface area (Å²) in [5.74, 6) is -1.08. The summed E-state index contributed by atoms with van der Waals surface area (Å²) in [6, 6.07) is 4.04. The maximum absolute atomic E-state index is 13.6. The number of benzene rings is 1. The van der Waals surface area contributed by atoms with Crippen molar-refractivity contribution in [2.75, 3.05) is 5.32 Å². The average molecular weight is 347 g/mol. The Bertz CT molecular complexity index is 657. The summed E-state index contributed by atoms with van der Waals surface area (Å²) in [4.78, 5) is 12.0. The SMILES string of the molecule is Cc1c(Br)c(C(=O)Nc2ccc(Cl)cc2F)nn1C. The Labute approximate surface area is 122 Å². The Hall–Kier alpha value is -1.40. The molecule has 19 heavy (non-hydrogen) atoms. The van der Waals surface area contributed by atoms with Crippen LogP contribution in [0.1, 0.15) is 16.2 Å². The standard InChI is InChI=1S/C12H10BrClFN3O/c1-6-10(13)11(17-18(6)2)12(19)16-9-4-3-7(14)5-8(9)15/h3-5H,1-2H3,(H,16,19). The van der Waals surface area contributed by atoms with E-state index in [2.05, 4.69) is 26.3 Å². The van der Waals surface area contributed by atoms with Gasteiger partial charge in [0.05, 0.1) is 15.9 Å². The Morgan fingerprint density at radius 2 is 2.21 bits per heavy atom. The number of carbonyl (C=O) groups is 1. The molecule has 0 atom stereocenters. The van der Waals surface area contributed by atoms with Crippen molar-refractivity contribution >= 4 is 39.1 Å².